The highest BCUT2D eigenvalue weighted by molar-refractivity contribution is 5.90. The van der Waals surface area contributed by atoms with Crippen molar-refractivity contribution in [1.82, 2.24) is 0 Å². The van der Waals surface area contributed by atoms with Gasteiger partial charge in [0.05, 0.1) is 27.6 Å². The molecule has 2 saturated carbocycles. The molecule has 1 N–H and O–H groups in total. The second kappa shape index (κ2) is 15.4. The van der Waals surface area contributed by atoms with Crippen LogP contribution in [0.1, 0.15) is 88.9 Å². The SMILES string of the molecule is C=C1[C@@H](OC(C)=O)C[C@H](OC(C)=O)[C@@]2(C)[C@@H](OC(C)=O)[C@H](OC(=O)c3ccccc3)C3=C(C)[C@H](OC(C)=O)C[C@@]3(C(C)(C)O)[C@@H](OC(=O)c3ccccc3)[C@H]12. The van der Waals surface area contributed by atoms with Crippen LogP contribution in [0.25, 0.3) is 0 Å². The lowest BCUT2D eigenvalue weighted by Gasteiger charge is -2.56. The summed E-state index contributed by atoms with van der Waals surface area (Å²) in [6.07, 6.45) is -8.43. The summed E-state index contributed by atoms with van der Waals surface area (Å²) in [5.74, 6) is -5.79. The molecule has 0 spiro atoms. The van der Waals surface area contributed by atoms with Crippen molar-refractivity contribution in [2.45, 2.75) is 110 Å². The maximum absolute atomic E-state index is 14.4. The van der Waals surface area contributed by atoms with Crippen LogP contribution >= 0.6 is 0 Å². The highest BCUT2D eigenvalue weighted by atomic mass is 16.6. The first-order valence-corrected chi connectivity index (χ1v) is 18.1. The monoisotopic (exact) mass is 760 g/mol. The molecule has 2 aromatic carbocycles. The van der Waals surface area contributed by atoms with E-state index in [0.29, 0.717) is 5.57 Å². The van der Waals surface area contributed by atoms with Gasteiger partial charge in [0.25, 0.3) is 0 Å². The van der Waals surface area contributed by atoms with E-state index in [1.54, 1.807) is 62.4 Å². The zero-order valence-corrected chi connectivity index (χ0v) is 32.3. The fourth-order valence-electron chi connectivity index (χ4n) is 9.00. The van der Waals surface area contributed by atoms with Gasteiger partial charge in [-0.2, -0.15) is 0 Å². The predicted octanol–water partition coefficient (Wildman–Crippen LogP) is 5.24. The fraction of sp³-hybridized carbons (Fsp3) is 0.476. The minimum absolute atomic E-state index is 0.142. The molecule has 0 bridgehead atoms. The Morgan fingerprint density at radius 3 is 1.64 bits per heavy atom. The molecule has 0 aromatic heterocycles. The Labute approximate surface area is 319 Å². The first-order valence-electron chi connectivity index (χ1n) is 18.1. The van der Waals surface area contributed by atoms with E-state index >= 15 is 0 Å². The number of ether oxygens (including phenoxy) is 6. The maximum atomic E-state index is 14.4. The average Bonchev–Trinajstić information content (AvgIpc) is 3.36. The van der Waals surface area contributed by atoms with Crippen LogP contribution in [0.4, 0.5) is 0 Å². The van der Waals surface area contributed by atoms with Crippen LogP contribution in [0, 0.1) is 16.7 Å². The molecular weight excluding hydrogens is 712 g/mol. The number of esters is 6. The normalized spacial score (nSPS) is 30.1. The topological polar surface area (TPSA) is 178 Å². The Balaban J connectivity index is 1.95. The molecule has 0 radical (unpaired) electrons. The number of benzene rings is 2. The van der Waals surface area contributed by atoms with Crippen molar-refractivity contribution in [3.63, 3.8) is 0 Å². The van der Waals surface area contributed by atoms with Gasteiger partial charge in [-0.25, -0.2) is 9.59 Å². The van der Waals surface area contributed by atoms with Crippen LogP contribution in [0.5, 0.6) is 0 Å². The highest BCUT2D eigenvalue weighted by Crippen LogP contribution is 2.66. The Morgan fingerprint density at radius 2 is 1.16 bits per heavy atom. The zero-order chi connectivity index (χ0) is 40.6. The van der Waals surface area contributed by atoms with Crippen molar-refractivity contribution in [1.29, 1.82) is 0 Å². The smallest absolute Gasteiger partial charge is 0.338 e. The Hall–Kier alpha value is -5.30. The maximum Gasteiger partial charge on any atom is 0.338 e. The first-order chi connectivity index (χ1) is 25.7. The van der Waals surface area contributed by atoms with Crippen LogP contribution in [-0.4, -0.2) is 83.1 Å². The number of carbonyl (C=O) groups is 6. The average molecular weight is 761 g/mol. The first kappa shape index (κ1) is 40.9. The number of hydrogen-bond acceptors (Lipinski definition) is 13. The molecule has 13 heteroatoms. The van der Waals surface area contributed by atoms with E-state index in [1.165, 1.54) is 46.8 Å². The molecule has 3 aliphatic rings. The summed E-state index contributed by atoms with van der Waals surface area (Å²) in [5.41, 5.74) is -4.41. The summed E-state index contributed by atoms with van der Waals surface area (Å²) in [6.45, 7) is 15.4. The second-order valence-electron chi connectivity index (χ2n) is 15.2. The molecule has 5 rings (SSSR count). The van der Waals surface area contributed by atoms with E-state index in [9.17, 15) is 33.9 Å². The Bertz CT molecular complexity index is 1890. The van der Waals surface area contributed by atoms with Gasteiger partial charge in [0.15, 0.2) is 12.2 Å². The molecule has 13 nitrogen and oxygen atoms in total. The number of aliphatic hydroxyl groups is 1. The summed E-state index contributed by atoms with van der Waals surface area (Å²) >= 11 is 0. The van der Waals surface area contributed by atoms with Crippen molar-refractivity contribution in [2.24, 2.45) is 16.7 Å². The third kappa shape index (κ3) is 7.54. The van der Waals surface area contributed by atoms with Crippen molar-refractivity contribution < 1.29 is 62.3 Å². The van der Waals surface area contributed by atoms with Gasteiger partial charge in [-0.05, 0) is 61.8 Å². The minimum atomic E-state index is -1.91. The molecule has 0 unspecified atom stereocenters. The van der Waals surface area contributed by atoms with Gasteiger partial charge < -0.3 is 33.5 Å². The van der Waals surface area contributed by atoms with Gasteiger partial charge in [-0.3, -0.25) is 19.2 Å². The van der Waals surface area contributed by atoms with Gasteiger partial charge in [0.2, 0.25) is 0 Å². The summed E-state index contributed by atoms with van der Waals surface area (Å²) in [7, 11) is 0. The van der Waals surface area contributed by atoms with Gasteiger partial charge in [0, 0.05) is 46.5 Å². The van der Waals surface area contributed by atoms with Crippen LogP contribution in [-0.2, 0) is 47.6 Å². The molecule has 2 aromatic rings. The summed E-state index contributed by atoms with van der Waals surface area (Å²) < 4.78 is 36.9. The van der Waals surface area contributed by atoms with E-state index in [2.05, 4.69) is 6.58 Å². The van der Waals surface area contributed by atoms with Crippen LogP contribution in [0.15, 0.2) is 84.0 Å². The second-order valence-corrected chi connectivity index (χ2v) is 15.2. The van der Waals surface area contributed by atoms with Gasteiger partial charge in [0.1, 0.15) is 24.4 Å². The fourth-order valence-corrected chi connectivity index (χ4v) is 9.00. The standard InChI is InChI=1S/C42H48O13/c1-22-30(50-24(3)43)20-32(52-26(5)45)41(9)34(22)36(55-39(48)29-18-14-11-15-19-29)42(40(7,8)49)21-31(51-25(4)44)23(2)33(42)35(37(41)53-27(6)46)54-38(47)28-16-12-10-13-17-28/h10-19,30-32,34-37,49H,1,20-21H2,2-9H3/t30-,31+,32-,34-,35+,36-,37-,41+,42-/m0/s1. The van der Waals surface area contributed by atoms with Crippen molar-refractivity contribution in [3.05, 3.63) is 95.1 Å². The molecule has 0 saturated heterocycles. The van der Waals surface area contributed by atoms with E-state index < -0.39 is 94.8 Å². The van der Waals surface area contributed by atoms with Crippen molar-refractivity contribution >= 4 is 35.8 Å². The predicted molar refractivity (Wildman–Crippen MR) is 195 cm³/mol. The lowest BCUT2D eigenvalue weighted by molar-refractivity contribution is -0.209. The lowest BCUT2D eigenvalue weighted by Crippen LogP contribution is -2.64. The highest BCUT2D eigenvalue weighted by Gasteiger charge is 2.74. The van der Waals surface area contributed by atoms with E-state index in [0.717, 1.165) is 6.92 Å². The molecule has 55 heavy (non-hydrogen) atoms. The number of hydrogen-bond donors (Lipinski definition) is 1. The lowest BCUT2D eigenvalue weighted by atomic mass is 9.54. The van der Waals surface area contributed by atoms with E-state index in [-0.39, 0.29) is 35.1 Å². The summed E-state index contributed by atoms with van der Waals surface area (Å²) in [5, 5.41) is 12.7. The molecule has 9 atom stereocenters. The zero-order valence-electron chi connectivity index (χ0n) is 32.3. The molecule has 0 amide bonds. The summed E-state index contributed by atoms with van der Waals surface area (Å²) in [6, 6.07) is 16.1. The van der Waals surface area contributed by atoms with E-state index in [4.69, 9.17) is 28.4 Å². The summed E-state index contributed by atoms with van der Waals surface area (Å²) in [4.78, 5) is 80.0. The van der Waals surface area contributed by atoms with Crippen LogP contribution < -0.4 is 0 Å². The van der Waals surface area contributed by atoms with Crippen LogP contribution in [0.2, 0.25) is 0 Å². The van der Waals surface area contributed by atoms with Gasteiger partial charge in [-0.15, -0.1) is 0 Å². The number of fused-ring (bicyclic) bond motifs is 2. The quantitative estimate of drug-likeness (QED) is 0.200. The molecule has 294 valence electrons. The molecule has 0 aliphatic heterocycles. The van der Waals surface area contributed by atoms with Crippen molar-refractivity contribution in [2.75, 3.05) is 0 Å². The van der Waals surface area contributed by atoms with Gasteiger partial charge in [-0.1, -0.05) is 49.9 Å². The van der Waals surface area contributed by atoms with E-state index in [1.807, 2.05) is 0 Å². The largest absolute Gasteiger partial charge is 0.462 e. The third-order valence-corrected chi connectivity index (χ3v) is 11.3. The Kier molecular flexibility index (Phi) is 11.5. The molecule has 2 fully saturated rings. The number of rotatable bonds is 9. The minimum Gasteiger partial charge on any atom is -0.462 e. The number of carbonyl (C=O) groups excluding carboxylic acids is 6. The van der Waals surface area contributed by atoms with Crippen LogP contribution in [0.3, 0.4) is 0 Å². The molecular formula is C42H48O13. The molecule has 3 aliphatic carbocycles. The third-order valence-electron chi connectivity index (χ3n) is 11.3. The van der Waals surface area contributed by atoms with Crippen molar-refractivity contribution in [3.8, 4) is 0 Å². The Morgan fingerprint density at radius 1 is 0.691 bits per heavy atom. The van der Waals surface area contributed by atoms with Gasteiger partial charge >= 0.3 is 35.8 Å². The molecule has 0 heterocycles.